The third-order valence-electron chi connectivity index (χ3n) is 8.48. The minimum atomic E-state index is 0.909. The van der Waals surface area contributed by atoms with Crippen LogP contribution in [-0.2, 0) is 0 Å². The molecule has 0 atom stereocenters. The van der Waals surface area contributed by atoms with Crippen LogP contribution < -0.4 is 10.4 Å². The second kappa shape index (κ2) is 9.77. The highest BCUT2D eigenvalue weighted by atomic mass is 14.2. The van der Waals surface area contributed by atoms with Gasteiger partial charge in [-0.1, -0.05) is 146 Å². The van der Waals surface area contributed by atoms with Crippen LogP contribution in [-0.4, -0.2) is 0 Å². The molecular weight excluding hydrogens is 492 g/mol. The normalized spacial score (nSPS) is 13.3. The standard InChI is InChI=1S/C41H28/c1-3-13-29(14-4-1)40(30-15-5-2-6-16-30)38-25-24-36-34-19-10-9-18-32(34)27-39(36)41(38)37-21-11-20-35(37)33-23-22-28-12-7-8-17-31(28)26-33/h1-20,22-27H,21H2. The summed E-state index contributed by atoms with van der Waals surface area (Å²) < 4.78 is 0. The van der Waals surface area contributed by atoms with Gasteiger partial charge in [-0.3, -0.25) is 0 Å². The summed E-state index contributed by atoms with van der Waals surface area (Å²) in [4.78, 5) is 0. The van der Waals surface area contributed by atoms with Gasteiger partial charge in [-0.2, -0.15) is 0 Å². The SMILES string of the molecule is C1=CC(c2ccc3ccccc3c2)=C(c2c3c(ccc2=C(c2ccccc2)c2ccccc2)=c2ccccc2=C3)C1. The zero-order chi connectivity index (χ0) is 27.2. The number of rotatable bonds is 4. The van der Waals surface area contributed by atoms with Gasteiger partial charge in [0.15, 0.2) is 0 Å². The summed E-state index contributed by atoms with van der Waals surface area (Å²) in [6, 6.07) is 50.7. The van der Waals surface area contributed by atoms with Gasteiger partial charge in [0.05, 0.1) is 0 Å². The first-order chi connectivity index (χ1) is 20.3. The summed E-state index contributed by atoms with van der Waals surface area (Å²) in [5.41, 5.74) is 10.4. The van der Waals surface area contributed by atoms with Crippen molar-refractivity contribution in [2.24, 2.45) is 0 Å². The molecule has 2 aliphatic carbocycles. The monoisotopic (exact) mass is 520 g/mol. The van der Waals surface area contributed by atoms with Gasteiger partial charge in [-0.25, -0.2) is 0 Å². The fourth-order valence-electron chi connectivity index (χ4n) is 6.62. The summed E-state index contributed by atoms with van der Waals surface area (Å²) in [5.74, 6) is 0. The van der Waals surface area contributed by atoms with E-state index in [-0.39, 0.29) is 0 Å². The van der Waals surface area contributed by atoms with E-state index in [1.807, 2.05) is 0 Å². The molecule has 0 saturated heterocycles. The van der Waals surface area contributed by atoms with E-state index < -0.39 is 0 Å². The molecule has 0 heterocycles. The molecule has 41 heavy (non-hydrogen) atoms. The Balaban J connectivity index is 1.53. The first kappa shape index (κ1) is 23.7. The maximum Gasteiger partial charge on any atom is -0.00325 e. The minimum absolute atomic E-state index is 0.909. The smallest absolute Gasteiger partial charge is 0.00325 e. The second-order valence-corrected chi connectivity index (χ2v) is 10.8. The van der Waals surface area contributed by atoms with Crippen LogP contribution in [0.2, 0.25) is 0 Å². The van der Waals surface area contributed by atoms with Crippen LogP contribution in [0, 0.1) is 10.4 Å². The van der Waals surface area contributed by atoms with E-state index in [2.05, 4.69) is 158 Å². The Labute approximate surface area is 239 Å². The van der Waals surface area contributed by atoms with Crippen molar-refractivity contribution >= 4 is 33.6 Å². The molecule has 0 N–H and O–H groups in total. The lowest BCUT2D eigenvalue weighted by molar-refractivity contribution is 1.35. The summed E-state index contributed by atoms with van der Waals surface area (Å²) in [7, 11) is 0. The quantitative estimate of drug-likeness (QED) is 0.219. The van der Waals surface area contributed by atoms with E-state index in [1.165, 1.54) is 76.2 Å². The number of hydrogen-bond acceptors (Lipinski definition) is 0. The molecule has 0 unspecified atom stereocenters. The fourth-order valence-corrected chi connectivity index (χ4v) is 6.62. The molecule has 2 aliphatic rings. The summed E-state index contributed by atoms with van der Waals surface area (Å²) in [6.45, 7) is 0. The van der Waals surface area contributed by atoms with Crippen LogP contribution in [0.4, 0.5) is 0 Å². The average Bonchev–Trinajstić information content (AvgIpc) is 3.67. The Hall–Kier alpha value is -5.20. The average molecular weight is 521 g/mol. The van der Waals surface area contributed by atoms with Crippen LogP contribution in [0.1, 0.15) is 34.2 Å². The Morgan fingerprint density at radius 1 is 0.537 bits per heavy atom. The largest absolute Gasteiger partial charge is 0.0795 e. The first-order valence-corrected chi connectivity index (χ1v) is 14.3. The molecule has 192 valence electrons. The van der Waals surface area contributed by atoms with Crippen molar-refractivity contribution in [1.29, 1.82) is 0 Å². The zero-order valence-electron chi connectivity index (χ0n) is 22.7. The lowest BCUT2D eigenvalue weighted by Gasteiger charge is -2.17. The van der Waals surface area contributed by atoms with Gasteiger partial charge in [-0.05, 0) is 94.7 Å². The maximum atomic E-state index is 2.40. The van der Waals surface area contributed by atoms with Crippen molar-refractivity contribution in [2.75, 3.05) is 0 Å². The molecule has 6 aromatic carbocycles. The summed E-state index contributed by atoms with van der Waals surface area (Å²) >= 11 is 0. The van der Waals surface area contributed by atoms with Crippen molar-refractivity contribution in [3.8, 4) is 0 Å². The molecule has 0 fully saturated rings. The molecular formula is C41H28. The van der Waals surface area contributed by atoms with Crippen LogP contribution in [0.5, 0.6) is 0 Å². The Kier molecular flexibility index (Phi) is 5.64. The number of benzene rings is 6. The van der Waals surface area contributed by atoms with Crippen molar-refractivity contribution in [1.82, 2.24) is 0 Å². The summed E-state index contributed by atoms with van der Waals surface area (Å²) in [6.07, 6.45) is 7.97. The van der Waals surface area contributed by atoms with Crippen LogP contribution in [0.3, 0.4) is 0 Å². The molecule has 0 aliphatic heterocycles. The number of allylic oxidation sites excluding steroid dienone is 4. The van der Waals surface area contributed by atoms with E-state index >= 15 is 0 Å². The van der Waals surface area contributed by atoms with Gasteiger partial charge in [0.2, 0.25) is 0 Å². The molecule has 0 heteroatoms. The van der Waals surface area contributed by atoms with Crippen molar-refractivity contribution in [2.45, 2.75) is 6.42 Å². The zero-order valence-corrected chi connectivity index (χ0v) is 22.7. The summed E-state index contributed by atoms with van der Waals surface area (Å²) in [5, 5.41) is 7.75. The van der Waals surface area contributed by atoms with E-state index in [0.717, 1.165) is 6.42 Å². The molecule has 0 aromatic heterocycles. The molecule has 0 radical (unpaired) electrons. The second-order valence-electron chi connectivity index (χ2n) is 10.8. The maximum absolute atomic E-state index is 2.40. The molecule has 8 rings (SSSR count). The molecule has 0 saturated carbocycles. The van der Waals surface area contributed by atoms with Gasteiger partial charge in [0.25, 0.3) is 0 Å². The lowest BCUT2D eigenvalue weighted by Crippen LogP contribution is -2.16. The Bertz CT molecular complexity index is 2210. The Morgan fingerprint density at radius 3 is 2.00 bits per heavy atom. The Morgan fingerprint density at radius 2 is 1.22 bits per heavy atom. The van der Waals surface area contributed by atoms with E-state index in [9.17, 15) is 0 Å². The molecule has 0 bridgehead atoms. The topological polar surface area (TPSA) is 0 Å². The van der Waals surface area contributed by atoms with Gasteiger partial charge < -0.3 is 0 Å². The third kappa shape index (κ3) is 4.00. The number of fused-ring (bicyclic) bond motifs is 3. The molecule has 0 amide bonds. The lowest BCUT2D eigenvalue weighted by atomic mass is 9.86. The first-order valence-electron chi connectivity index (χ1n) is 14.3. The number of hydrogen-bond donors (Lipinski definition) is 0. The van der Waals surface area contributed by atoms with Crippen molar-refractivity contribution in [3.05, 3.63) is 200 Å². The van der Waals surface area contributed by atoms with Gasteiger partial charge in [0, 0.05) is 0 Å². The van der Waals surface area contributed by atoms with E-state index in [0.29, 0.717) is 0 Å². The highest BCUT2D eigenvalue weighted by Crippen LogP contribution is 2.38. The predicted molar refractivity (Wildman–Crippen MR) is 172 cm³/mol. The van der Waals surface area contributed by atoms with Crippen molar-refractivity contribution < 1.29 is 0 Å². The minimum Gasteiger partial charge on any atom is -0.0795 e. The fraction of sp³-hybridized carbons (Fsp3) is 0.0244. The van der Waals surface area contributed by atoms with Crippen LogP contribution in [0.25, 0.3) is 33.6 Å². The highest BCUT2D eigenvalue weighted by molar-refractivity contribution is 6.03. The predicted octanol–water partition coefficient (Wildman–Crippen LogP) is 8.39. The van der Waals surface area contributed by atoms with E-state index in [1.54, 1.807) is 0 Å². The van der Waals surface area contributed by atoms with Gasteiger partial charge in [-0.15, -0.1) is 0 Å². The third-order valence-corrected chi connectivity index (χ3v) is 8.48. The molecule has 0 spiro atoms. The van der Waals surface area contributed by atoms with Crippen molar-refractivity contribution in [3.63, 3.8) is 0 Å². The van der Waals surface area contributed by atoms with Gasteiger partial charge >= 0.3 is 0 Å². The van der Waals surface area contributed by atoms with E-state index in [4.69, 9.17) is 0 Å². The molecule has 6 aromatic rings. The van der Waals surface area contributed by atoms with Crippen LogP contribution in [0.15, 0.2) is 152 Å². The van der Waals surface area contributed by atoms with Crippen LogP contribution >= 0.6 is 0 Å². The highest BCUT2D eigenvalue weighted by Gasteiger charge is 2.21. The molecule has 0 nitrogen and oxygen atoms in total. The van der Waals surface area contributed by atoms with Gasteiger partial charge in [0.1, 0.15) is 0 Å².